The van der Waals surface area contributed by atoms with E-state index in [0.29, 0.717) is 0 Å². The third kappa shape index (κ3) is 4.77. The van der Waals surface area contributed by atoms with Gasteiger partial charge in [-0.1, -0.05) is 20.8 Å². The number of amides is 1. The van der Waals surface area contributed by atoms with Crippen LogP contribution in [-0.2, 0) is 19.0 Å². The molecule has 0 saturated carbocycles. The fourth-order valence-electron chi connectivity index (χ4n) is 3.36. The van der Waals surface area contributed by atoms with Gasteiger partial charge in [-0.25, -0.2) is 0 Å². The van der Waals surface area contributed by atoms with E-state index in [-0.39, 0.29) is 12.3 Å². The Bertz CT molecular complexity index is 489. The average Bonchev–Trinajstić information content (AvgIpc) is 2.67. The predicted molar refractivity (Wildman–Crippen MR) is 91.1 cm³/mol. The molecule has 6 N–H and O–H groups in total. The fourth-order valence-corrected chi connectivity index (χ4v) is 3.36. The van der Waals surface area contributed by atoms with E-state index in [4.69, 9.17) is 14.2 Å². The summed E-state index contributed by atoms with van der Waals surface area (Å²) < 4.78 is 17.0. The lowest BCUT2D eigenvalue weighted by Crippen LogP contribution is -2.63. The largest absolute Gasteiger partial charge is 0.394 e. The summed E-state index contributed by atoms with van der Waals surface area (Å²) in [5, 5.41) is 52.4. The number of rotatable bonds is 6. The lowest BCUT2D eigenvalue weighted by atomic mass is 9.89. The number of hydrogen-bond donors (Lipinski definition) is 6. The molecule has 158 valence electrons. The Morgan fingerprint density at radius 2 is 1.59 bits per heavy atom. The van der Waals surface area contributed by atoms with Crippen LogP contribution in [-0.4, -0.2) is 93.8 Å². The zero-order chi connectivity index (χ0) is 20.3. The molecule has 0 aromatic rings. The van der Waals surface area contributed by atoms with Crippen LogP contribution in [0.2, 0.25) is 0 Å². The van der Waals surface area contributed by atoms with Gasteiger partial charge in [0.1, 0.15) is 30.6 Å². The van der Waals surface area contributed by atoms with Crippen LogP contribution in [0.3, 0.4) is 0 Å². The number of carbonyl (C=O) groups excluding carboxylic acids is 1. The number of aliphatic hydroxyl groups excluding tert-OH is 5. The molecule has 0 aromatic heterocycles. The van der Waals surface area contributed by atoms with Gasteiger partial charge in [0.25, 0.3) is 0 Å². The first-order valence-electron chi connectivity index (χ1n) is 9.26. The van der Waals surface area contributed by atoms with Gasteiger partial charge in [-0.2, -0.15) is 0 Å². The average molecular weight is 393 g/mol. The van der Waals surface area contributed by atoms with Gasteiger partial charge < -0.3 is 45.1 Å². The summed E-state index contributed by atoms with van der Waals surface area (Å²) in [5.74, 6) is -1.43. The highest BCUT2D eigenvalue weighted by molar-refractivity contribution is 5.75. The lowest BCUT2D eigenvalue weighted by Gasteiger charge is -2.47. The topological polar surface area (TPSA) is 158 Å². The number of carbonyl (C=O) groups is 1. The van der Waals surface area contributed by atoms with Crippen LogP contribution >= 0.6 is 0 Å². The van der Waals surface area contributed by atoms with E-state index in [1.807, 2.05) is 0 Å². The van der Waals surface area contributed by atoms with Crippen molar-refractivity contribution < 1.29 is 44.5 Å². The molecule has 2 aliphatic rings. The standard InChI is InChI=1S/C17H31NO9/c1-4-11(21)18-16-7(2)13(23)15(10(6-20)25-16)27-17-8(3)12(22)14(24)9(5-19)26-17/h7-10,12-17,19-20,22-24H,4-6H2,1-3H3,(H,18,21)/t7?,8-,9?,10?,12?,13+,14+,15+,16?,17-/m0/s1. The summed E-state index contributed by atoms with van der Waals surface area (Å²) in [6.07, 6.45) is -8.08. The molecule has 0 spiro atoms. The van der Waals surface area contributed by atoms with Crippen LogP contribution in [0.25, 0.3) is 0 Å². The van der Waals surface area contributed by atoms with E-state index in [1.54, 1.807) is 20.8 Å². The maximum atomic E-state index is 11.6. The first kappa shape index (κ1) is 22.4. The Kier molecular flexibility index (Phi) is 7.95. The minimum absolute atomic E-state index is 0.248. The van der Waals surface area contributed by atoms with Crippen LogP contribution in [0.15, 0.2) is 0 Å². The minimum Gasteiger partial charge on any atom is -0.394 e. The highest BCUT2D eigenvalue weighted by atomic mass is 16.7. The van der Waals surface area contributed by atoms with E-state index in [9.17, 15) is 30.3 Å². The quantitative estimate of drug-likeness (QED) is 0.291. The summed E-state index contributed by atoms with van der Waals surface area (Å²) in [6, 6.07) is 0. The second-order valence-corrected chi connectivity index (χ2v) is 7.21. The first-order valence-corrected chi connectivity index (χ1v) is 9.26. The van der Waals surface area contributed by atoms with Crippen LogP contribution in [0.4, 0.5) is 0 Å². The Morgan fingerprint density at radius 3 is 2.15 bits per heavy atom. The van der Waals surface area contributed by atoms with Crippen molar-refractivity contribution in [1.29, 1.82) is 0 Å². The van der Waals surface area contributed by atoms with Crippen molar-refractivity contribution in [2.45, 2.75) is 76.3 Å². The molecular formula is C17H31NO9. The Hall–Kier alpha value is -0.850. The van der Waals surface area contributed by atoms with Gasteiger partial charge in [0, 0.05) is 18.3 Å². The maximum absolute atomic E-state index is 11.6. The monoisotopic (exact) mass is 393 g/mol. The summed E-state index contributed by atoms with van der Waals surface area (Å²) in [5.41, 5.74) is 0. The predicted octanol–water partition coefficient (Wildman–Crippen LogP) is -2.31. The summed E-state index contributed by atoms with van der Waals surface area (Å²) in [4.78, 5) is 11.6. The van der Waals surface area contributed by atoms with Gasteiger partial charge in [-0.3, -0.25) is 4.79 Å². The third-order valence-electron chi connectivity index (χ3n) is 5.32. The van der Waals surface area contributed by atoms with Gasteiger partial charge in [-0.05, 0) is 0 Å². The van der Waals surface area contributed by atoms with Crippen molar-refractivity contribution in [2.75, 3.05) is 13.2 Å². The zero-order valence-corrected chi connectivity index (χ0v) is 15.8. The Morgan fingerprint density at radius 1 is 0.963 bits per heavy atom. The molecule has 2 heterocycles. The summed E-state index contributed by atoms with van der Waals surface area (Å²) in [6.45, 7) is 3.98. The molecule has 0 bridgehead atoms. The molecule has 10 atom stereocenters. The highest BCUT2D eigenvalue weighted by Gasteiger charge is 2.48. The third-order valence-corrected chi connectivity index (χ3v) is 5.32. The molecule has 5 unspecified atom stereocenters. The zero-order valence-electron chi connectivity index (χ0n) is 15.8. The van der Waals surface area contributed by atoms with Crippen molar-refractivity contribution in [3.8, 4) is 0 Å². The molecule has 10 heteroatoms. The number of hydrogen-bond acceptors (Lipinski definition) is 9. The molecule has 2 fully saturated rings. The van der Waals surface area contributed by atoms with Crippen LogP contribution < -0.4 is 5.32 Å². The van der Waals surface area contributed by atoms with E-state index < -0.39 is 74.2 Å². The second kappa shape index (κ2) is 9.57. The molecular weight excluding hydrogens is 362 g/mol. The lowest BCUT2D eigenvalue weighted by molar-refractivity contribution is -0.327. The van der Waals surface area contributed by atoms with Gasteiger partial charge in [-0.15, -0.1) is 0 Å². The molecule has 0 aromatic carbocycles. The molecule has 0 aliphatic carbocycles. The molecule has 27 heavy (non-hydrogen) atoms. The first-order chi connectivity index (χ1) is 12.7. The molecule has 2 rings (SSSR count). The second-order valence-electron chi connectivity index (χ2n) is 7.21. The van der Waals surface area contributed by atoms with Gasteiger partial charge in [0.15, 0.2) is 6.29 Å². The number of nitrogens with one attached hydrogen (secondary N) is 1. The van der Waals surface area contributed by atoms with Gasteiger partial charge in [0.2, 0.25) is 5.91 Å². The molecule has 2 aliphatic heterocycles. The number of aliphatic hydroxyl groups is 5. The van der Waals surface area contributed by atoms with Gasteiger partial charge >= 0.3 is 0 Å². The smallest absolute Gasteiger partial charge is 0.221 e. The molecule has 1 amide bonds. The van der Waals surface area contributed by atoms with E-state index in [2.05, 4.69) is 5.32 Å². The fraction of sp³-hybridized carbons (Fsp3) is 0.941. The van der Waals surface area contributed by atoms with Gasteiger partial charge in [0.05, 0.1) is 25.4 Å². The van der Waals surface area contributed by atoms with Crippen molar-refractivity contribution >= 4 is 5.91 Å². The van der Waals surface area contributed by atoms with E-state index in [0.717, 1.165) is 0 Å². The summed E-state index contributed by atoms with van der Waals surface area (Å²) >= 11 is 0. The van der Waals surface area contributed by atoms with Crippen molar-refractivity contribution in [2.24, 2.45) is 11.8 Å². The Balaban J connectivity index is 2.11. The van der Waals surface area contributed by atoms with Crippen LogP contribution in [0, 0.1) is 11.8 Å². The normalized spacial score (nSPS) is 45.5. The van der Waals surface area contributed by atoms with Crippen LogP contribution in [0.5, 0.6) is 0 Å². The van der Waals surface area contributed by atoms with E-state index in [1.165, 1.54) is 0 Å². The molecule has 2 saturated heterocycles. The van der Waals surface area contributed by atoms with Crippen molar-refractivity contribution in [3.63, 3.8) is 0 Å². The molecule has 10 nitrogen and oxygen atoms in total. The number of ether oxygens (including phenoxy) is 3. The summed E-state index contributed by atoms with van der Waals surface area (Å²) in [7, 11) is 0. The van der Waals surface area contributed by atoms with Crippen molar-refractivity contribution in [3.05, 3.63) is 0 Å². The van der Waals surface area contributed by atoms with Crippen molar-refractivity contribution in [1.82, 2.24) is 5.32 Å². The van der Waals surface area contributed by atoms with E-state index >= 15 is 0 Å². The molecule has 0 radical (unpaired) electrons. The highest BCUT2D eigenvalue weighted by Crippen LogP contribution is 2.32. The van der Waals surface area contributed by atoms with Crippen LogP contribution in [0.1, 0.15) is 27.2 Å². The Labute approximate surface area is 158 Å². The SMILES string of the molecule is CCC(=O)NC1OC(CO)[C@@H](O[C@@H]2OC(CO)[C@@H](O)C(O)[C@@H]2C)[C@H](O)C1C. The minimum atomic E-state index is -1.27. The maximum Gasteiger partial charge on any atom is 0.221 e.